The van der Waals surface area contributed by atoms with Crippen LogP contribution in [0.25, 0.3) is 11.1 Å². The molecular formula is C14H9F3N2O3S. The Hall–Kier alpha value is -2.55. The molecule has 2 aromatic carbocycles. The maximum atomic E-state index is 12.7. The summed E-state index contributed by atoms with van der Waals surface area (Å²) in [5.41, 5.74) is -0.388. The normalized spacial score (nSPS) is 12.5. The van der Waals surface area contributed by atoms with E-state index in [4.69, 9.17) is 4.42 Å². The number of alkyl halides is 3. The van der Waals surface area contributed by atoms with Crippen LogP contribution in [0, 0.1) is 0 Å². The molecule has 0 atom stereocenters. The monoisotopic (exact) mass is 342 g/mol. The van der Waals surface area contributed by atoms with E-state index in [-0.39, 0.29) is 16.2 Å². The van der Waals surface area contributed by atoms with Crippen LogP contribution in [-0.4, -0.2) is 13.4 Å². The molecule has 1 heterocycles. The molecule has 5 nitrogen and oxygen atoms in total. The van der Waals surface area contributed by atoms with Crippen molar-refractivity contribution in [3.8, 4) is 0 Å². The van der Waals surface area contributed by atoms with Gasteiger partial charge in [-0.05, 0) is 30.3 Å². The molecule has 0 radical (unpaired) electrons. The molecule has 0 fully saturated rings. The Morgan fingerprint density at radius 1 is 1.09 bits per heavy atom. The lowest BCUT2D eigenvalue weighted by Crippen LogP contribution is -2.14. The molecule has 0 unspecified atom stereocenters. The molecule has 0 amide bonds. The zero-order valence-electron chi connectivity index (χ0n) is 11.3. The van der Waals surface area contributed by atoms with Crippen molar-refractivity contribution in [2.75, 3.05) is 4.72 Å². The maximum Gasteiger partial charge on any atom is 0.416 e. The number of oxazole rings is 1. The van der Waals surface area contributed by atoms with Crippen molar-refractivity contribution in [2.24, 2.45) is 0 Å². The van der Waals surface area contributed by atoms with E-state index in [1.54, 1.807) is 0 Å². The van der Waals surface area contributed by atoms with Gasteiger partial charge in [-0.15, -0.1) is 0 Å². The van der Waals surface area contributed by atoms with Crippen molar-refractivity contribution in [3.63, 3.8) is 0 Å². The average molecular weight is 342 g/mol. The van der Waals surface area contributed by atoms with E-state index in [0.29, 0.717) is 5.52 Å². The van der Waals surface area contributed by atoms with Crippen LogP contribution in [0.1, 0.15) is 5.56 Å². The Morgan fingerprint density at radius 2 is 1.87 bits per heavy atom. The molecule has 1 N–H and O–H groups in total. The quantitative estimate of drug-likeness (QED) is 0.789. The molecule has 120 valence electrons. The zero-order chi connectivity index (χ0) is 16.7. The SMILES string of the molecule is O=S(=O)(Nc1cccc(C(F)(F)F)c1)c1ccc2ncoc2c1. The Labute approximate surface area is 128 Å². The number of hydrogen-bond donors (Lipinski definition) is 1. The van der Waals surface area contributed by atoms with Crippen molar-refractivity contribution in [1.82, 2.24) is 4.98 Å². The molecule has 1 aromatic heterocycles. The van der Waals surface area contributed by atoms with Crippen LogP contribution in [0.3, 0.4) is 0 Å². The third-order valence-electron chi connectivity index (χ3n) is 3.06. The van der Waals surface area contributed by atoms with Gasteiger partial charge in [-0.3, -0.25) is 4.72 Å². The van der Waals surface area contributed by atoms with E-state index < -0.39 is 21.8 Å². The van der Waals surface area contributed by atoms with Gasteiger partial charge in [0, 0.05) is 11.8 Å². The molecule has 23 heavy (non-hydrogen) atoms. The lowest BCUT2D eigenvalue weighted by molar-refractivity contribution is -0.137. The number of aromatic nitrogens is 1. The van der Waals surface area contributed by atoms with Crippen LogP contribution in [0.4, 0.5) is 18.9 Å². The highest BCUT2D eigenvalue weighted by molar-refractivity contribution is 7.92. The topological polar surface area (TPSA) is 72.2 Å². The van der Waals surface area contributed by atoms with Crippen molar-refractivity contribution < 1.29 is 26.0 Å². The minimum absolute atomic E-state index is 0.140. The van der Waals surface area contributed by atoms with Crippen molar-refractivity contribution in [3.05, 3.63) is 54.4 Å². The summed E-state index contributed by atoms with van der Waals surface area (Å²) in [6, 6.07) is 7.93. The predicted molar refractivity (Wildman–Crippen MR) is 76.3 cm³/mol. The predicted octanol–water partition coefficient (Wildman–Crippen LogP) is 3.65. The highest BCUT2D eigenvalue weighted by atomic mass is 32.2. The van der Waals surface area contributed by atoms with Crippen LogP contribution < -0.4 is 4.72 Å². The lowest BCUT2D eigenvalue weighted by Gasteiger charge is -2.11. The Morgan fingerprint density at radius 3 is 2.61 bits per heavy atom. The van der Waals surface area contributed by atoms with Crippen LogP contribution in [0.2, 0.25) is 0 Å². The number of rotatable bonds is 3. The Bertz CT molecular complexity index is 965. The molecule has 0 aliphatic rings. The number of nitrogens with zero attached hydrogens (tertiary/aromatic N) is 1. The summed E-state index contributed by atoms with van der Waals surface area (Å²) in [6.45, 7) is 0. The van der Waals surface area contributed by atoms with Gasteiger partial charge >= 0.3 is 6.18 Å². The van der Waals surface area contributed by atoms with Crippen LogP contribution in [-0.2, 0) is 16.2 Å². The second-order valence-electron chi connectivity index (χ2n) is 4.67. The largest absolute Gasteiger partial charge is 0.443 e. The van der Waals surface area contributed by atoms with E-state index in [2.05, 4.69) is 9.71 Å². The molecule has 0 aliphatic heterocycles. The summed E-state index contributed by atoms with van der Waals surface area (Å²) in [6.07, 6.45) is -3.39. The van der Waals surface area contributed by atoms with Gasteiger partial charge in [0.15, 0.2) is 12.0 Å². The van der Waals surface area contributed by atoms with Crippen LogP contribution in [0.15, 0.2) is 58.2 Å². The fraction of sp³-hybridized carbons (Fsp3) is 0.0714. The van der Waals surface area contributed by atoms with Gasteiger partial charge in [0.25, 0.3) is 10.0 Å². The molecule has 0 spiro atoms. The maximum absolute atomic E-state index is 12.7. The third kappa shape index (κ3) is 3.14. The molecular weight excluding hydrogens is 333 g/mol. The van der Waals surface area contributed by atoms with E-state index in [1.165, 1.54) is 30.7 Å². The number of sulfonamides is 1. The van der Waals surface area contributed by atoms with E-state index in [9.17, 15) is 21.6 Å². The van der Waals surface area contributed by atoms with Crippen molar-refractivity contribution in [2.45, 2.75) is 11.1 Å². The Balaban J connectivity index is 1.94. The highest BCUT2D eigenvalue weighted by Gasteiger charge is 2.30. The highest BCUT2D eigenvalue weighted by Crippen LogP contribution is 2.31. The molecule has 0 saturated carbocycles. The van der Waals surface area contributed by atoms with Crippen molar-refractivity contribution >= 4 is 26.8 Å². The average Bonchev–Trinajstić information content (AvgIpc) is 2.93. The molecule has 9 heteroatoms. The zero-order valence-corrected chi connectivity index (χ0v) is 12.1. The summed E-state index contributed by atoms with van der Waals surface area (Å²) in [5.74, 6) is 0. The number of fused-ring (bicyclic) bond motifs is 1. The number of anilines is 1. The van der Waals surface area contributed by atoms with Gasteiger partial charge in [0.2, 0.25) is 0 Å². The molecule has 3 aromatic rings. The van der Waals surface area contributed by atoms with Gasteiger partial charge in [-0.2, -0.15) is 13.2 Å². The first-order chi connectivity index (χ1) is 10.8. The first kappa shape index (κ1) is 15.3. The Kier molecular flexibility index (Phi) is 3.52. The van der Waals surface area contributed by atoms with Gasteiger partial charge < -0.3 is 4.42 Å². The van der Waals surface area contributed by atoms with Gasteiger partial charge in [0.05, 0.1) is 10.5 Å². The summed E-state index contributed by atoms with van der Waals surface area (Å²) in [5, 5.41) is 0. The standard InChI is InChI=1S/C14H9F3N2O3S/c15-14(16,17)9-2-1-3-10(6-9)19-23(20,21)11-4-5-12-13(7-11)22-8-18-12/h1-8,19H. The van der Waals surface area contributed by atoms with Crippen molar-refractivity contribution in [1.29, 1.82) is 0 Å². The molecule has 3 rings (SSSR count). The van der Waals surface area contributed by atoms with Gasteiger partial charge in [-0.25, -0.2) is 13.4 Å². The summed E-state index contributed by atoms with van der Waals surface area (Å²) >= 11 is 0. The number of benzene rings is 2. The molecule has 0 bridgehead atoms. The molecule has 0 saturated heterocycles. The summed E-state index contributed by atoms with van der Waals surface area (Å²) < 4.78 is 69.7. The van der Waals surface area contributed by atoms with Gasteiger partial charge in [-0.1, -0.05) is 6.07 Å². The third-order valence-corrected chi connectivity index (χ3v) is 4.43. The number of hydrogen-bond acceptors (Lipinski definition) is 4. The van der Waals surface area contributed by atoms with E-state index in [0.717, 1.165) is 18.2 Å². The first-order valence-electron chi connectivity index (χ1n) is 6.29. The summed E-state index contributed by atoms with van der Waals surface area (Å²) in [7, 11) is -4.05. The smallest absolute Gasteiger partial charge is 0.416 e. The minimum Gasteiger partial charge on any atom is -0.443 e. The fourth-order valence-corrected chi connectivity index (χ4v) is 3.04. The van der Waals surface area contributed by atoms with Crippen LogP contribution >= 0.6 is 0 Å². The fourth-order valence-electron chi connectivity index (χ4n) is 1.98. The van der Waals surface area contributed by atoms with Gasteiger partial charge in [0.1, 0.15) is 5.52 Å². The van der Waals surface area contributed by atoms with E-state index in [1.807, 2.05) is 0 Å². The van der Waals surface area contributed by atoms with Crippen LogP contribution in [0.5, 0.6) is 0 Å². The second-order valence-corrected chi connectivity index (χ2v) is 6.35. The molecule has 0 aliphatic carbocycles. The second kappa shape index (κ2) is 5.27. The minimum atomic E-state index is -4.56. The number of halogens is 3. The summed E-state index contributed by atoms with van der Waals surface area (Å²) in [4.78, 5) is 3.72. The first-order valence-corrected chi connectivity index (χ1v) is 7.77. The lowest BCUT2D eigenvalue weighted by atomic mass is 10.2. The number of nitrogens with one attached hydrogen (secondary N) is 1. The van der Waals surface area contributed by atoms with E-state index >= 15 is 0 Å².